The summed E-state index contributed by atoms with van der Waals surface area (Å²) >= 11 is 0. The molecule has 15 heavy (non-hydrogen) atoms. The summed E-state index contributed by atoms with van der Waals surface area (Å²) < 4.78 is 0. The van der Waals surface area contributed by atoms with Crippen LogP contribution in [0.1, 0.15) is 46.0 Å². The highest BCUT2D eigenvalue weighted by Crippen LogP contribution is 2.35. The molecule has 2 N–H and O–H groups in total. The first-order valence-corrected chi connectivity index (χ1v) is 5.49. The number of carbonyl (C=O) groups excluding carboxylic acids is 1. The fraction of sp³-hybridized carbons (Fsp3) is 0.818. The van der Waals surface area contributed by atoms with E-state index in [9.17, 15) is 9.59 Å². The van der Waals surface area contributed by atoms with Crippen molar-refractivity contribution in [2.45, 2.75) is 52.0 Å². The maximum atomic E-state index is 11.9. The molecule has 0 unspecified atom stereocenters. The van der Waals surface area contributed by atoms with Crippen LogP contribution < -0.4 is 5.32 Å². The molecule has 0 aromatic heterocycles. The van der Waals surface area contributed by atoms with Crippen LogP contribution in [0.15, 0.2) is 0 Å². The van der Waals surface area contributed by atoms with Crippen LogP contribution in [0.2, 0.25) is 0 Å². The highest BCUT2D eigenvalue weighted by Gasteiger charge is 2.35. The number of nitrogens with one attached hydrogen (secondary N) is 1. The zero-order valence-electron chi connectivity index (χ0n) is 9.38. The highest BCUT2D eigenvalue weighted by atomic mass is 16.4. The Hall–Kier alpha value is -1.06. The summed E-state index contributed by atoms with van der Waals surface area (Å²) in [4.78, 5) is 22.5. The van der Waals surface area contributed by atoms with E-state index in [2.05, 4.69) is 5.32 Å². The maximum Gasteiger partial charge on any atom is 0.325 e. The highest BCUT2D eigenvalue weighted by molar-refractivity contribution is 5.87. The average molecular weight is 213 g/mol. The molecule has 1 atom stereocenters. The first kappa shape index (κ1) is 12.0. The lowest BCUT2D eigenvalue weighted by atomic mass is 9.75. The molecule has 1 saturated carbocycles. The van der Waals surface area contributed by atoms with Crippen LogP contribution >= 0.6 is 0 Å². The van der Waals surface area contributed by atoms with Crippen LogP contribution in [0.4, 0.5) is 0 Å². The molecule has 0 bridgehead atoms. The molecule has 0 aromatic carbocycles. The summed E-state index contributed by atoms with van der Waals surface area (Å²) in [5, 5.41) is 11.2. The van der Waals surface area contributed by atoms with Crippen molar-refractivity contribution in [1.82, 2.24) is 5.32 Å². The van der Waals surface area contributed by atoms with Crippen molar-refractivity contribution >= 4 is 11.9 Å². The van der Waals surface area contributed by atoms with Gasteiger partial charge in [-0.25, -0.2) is 0 Å². The second-order valence-corrected chi connectivity index (χ2v) is 4.65. The zero-order chi connectivity index (χ0) is 11.5. The first-order valence-electron chi connectivity index (χ1n) is 5.49. The quantitative estimate of drug-likeness (QED) is 0.747. The van der Waals surface area contributed by atoms with Crippen molar-refractivity contribution in [2.24, 2.45) is 5.41 Å². The van der Waals surface area contributed by atoms with Crippen molar-refractivity contribution in [3.05, 3.63) is 0 Å². The van der Waals surface area contributed by atoms with Crippen LogP contribution in [0.3, 0.4) is 0 Å². The number of carboxylic acids is 1. The minimum atomic E-state index is -0.984. The normalized spacial score (nSPS) is 21.7. The fourth-order valence-electron chi connectivity index (χ4n) is 1.99. The van der Waals surface area contributed by atoms with Gasteiger partial charge in [-0.15, -0.1) is 0 Å². The topological polar surface area (TPSA) is 66.4 Å². The molecule has 0 aliphatic heterocycles. The molecular formula is C11H19NO3. The third kappa shape index (κ3) is 2.94. The summed E-state index contributed by atoms with van der Waals surface area (Å²) in [6.07, 6.45) is 5.03. The van der Waals surface area contributed by atoms with E-state index in [-0.39, 0.29) is 11.3 Å². The molecule has 86 valence electrons. The van der Waals surface area contributed by atoms with Gasteiger partial charge in [0.15, 0.2) is 0 Å². The Kier molecular flexibility index (Phi) is 3.72. The number of rotatable bonds is 3. The molecule has 1 aliphatic carbocycles. The molecule has 4 nitrogen and oxygen atoms in total. The van der Waals surface area contributed by atoms with Gasteiger partial charge in [0, 0.05) is 5.41 Å². The van der Waals surface area contributed by atoms with Crippen molar-refractivity contribution in [3.8, 4) is 0 Å². The van der Waals surface area contributed by atoms with E-state index < -0.39 is 12.0 Å². The number of hydrogen-bond acceptors (Lipinski definition) is 2. The average Bonchev–Trinajstić information content (AvgIpc) is 2.18. The minimum absolute atomic E-state index is 0.114. The Morgan fingerprint density at radius 3 is 2.27 bits per heavy atom. The molecule has 1 amide bonds. The fourth-order valence-corrected chi connectivity index (χ4v) is 1.99. The van der Waals surface area contributed by atoms with E-state index in [1.165, 1.54) is 13.3 Å². The summed E-state index contributed by atoms with van der Waals surface area (Å²) in [7, 11) is 0. The summed E-state index contributed by atoms with van der Waals surface area (Å²) in [6, 6.07) is -0.795. The Balaban J connectivity index is 2.55. The van der Waals surface area contributed by atoms with E-state index >= 15 is 0 Å². The van der Waals surface area contributed by atoms with Crippen molar-refractivity contribution in [2.75, 3.05) is 0 Å². The van der Waals surface area contributed by atoms with Gasteiger partial charge in [0.05, 0.1) is 0 Å². The van der Waals surface area contributed by atoms with E-state index in [4.69, 9.17) is 5.11 Å². The predicted molar refractivity (Wildman–Crippen MR) is 56.4 cm³/mol. The number of hydrogen-bond donors (Lipinski definition) is 2. The van der Waals surface area contributed by atoms with Crippen LogP contribution in [0.25, 0.3) is 0 Å². The van der Waals surface area contributed by atoms with Gasteiger partial charge in [0.2, 0.25) is 5.91 Å². The van der Waals surface area contributed by atoms with Crippen molar-refractivity contribution < 1.29 is 14.7 Å². The van der Waals surface area contributed by atoms with E-state index in [1.807, 2.05) is 6.92 Å². The maximum absolute atomic E-state index is 11.9. The van der Waals surface area contributed by atoms with Crippen LogP contribution in [0, 0.1) is 5.41 Å². The van der Waals surface area contributed by atoms with Gasteiger partial charge in [-0.05, 0) is 19.8 Å². The molecule has 0 spiro atoms. The van der Waals surface area contributed by atoms with E-state index in [0.717, 1.165) is 25.7 Å². The van der Waals surface area contributed by atoms with Gasteiger partial charge in [-0.1, -0.05) is 26.2 Å². The molecule has 0 heterocycles. The lowest BCUT2D eigenvalue weighted by molar-refractivity contribution is -0.143. The third-order valence-electron chi connectivity index (χ3n) is 3.22. The van der Waals surface area contributed by atoms with Gasteiger partial charge in [0.25, 0.3) is 0 Å². The number of amides is 1. The number of carboxylic acid groups (broad SMARTS) is 1. The smallest absolute Gasteiger partial charge is 0.325 e. The van der Waals surface area contributed by atoms with Crippen LogP contribution in [0.5, 0.6) is 0 Å². The molecule has 1 aliphatic rings. The van der Waals surface area contributed by atoms with Crippen LogP contribution in [-0.2, 0) is 9.59 Å². The van der Waals surface area contributed by atoms with Gasteiger partial charge in [-0.3, -0.25) is 9.59 Å². The largest absolute Gasteiger partial charge is 0.480 e. The second-order valence-electron chi connectivity index (χ2n) is 4.65. The molecule has 0 saturated heterocycles. The monoisotopic (exact) mass is 213 g/mol. The van der Waals surface area contributed by atoms with Gasteiger partial charge in [-0.2, -0.15) is 0 Å². The van der Waals surface area contributed by atoms with Crippen molar-refractivity contribution in [3.63, 3.8) is 0 Å². The van der Waals surface area contributed by atoms with Gasteiger partial charge in [0.1, 0.15) is 6.04 Å². The lowest BCUT2D eigenvalue weighted by Crippen LogP contribution is -2.46. The predicted octanol–water partition coefficient (Wildman–Crippen LogP) is 1.55. The number of carbonyl (C=O) groups is 2. The van der Waals surface area contributed by atoms with Crippen molar-refractivity contribution in [1.29, 1.82) is 0 Å². The van der Waals surface area contributed by atoms with Gasteiger partial charge >= 0.3 is 5.97 Å². The number of aliphatic carboxylic acids is 1. The van der Waals surface area contributed by atoms with E-state index in [0.29, 0.717) is 0 Å². The molecule has 4 heteroatoms. The SMILES string of the molecule is C[C@H](NC(=O)C1(C)CCCCC1)C(=O)O. The second kappa shape index (κ2) is 4.64. The van der Waals surface area contributed by atoms with Gasteiger partial charge < -0.3 is 10.4 Å². The molecule has 1 rings (SSSR count). The summed E-state index contributed by atoms with van der Waals surface area (Å²) in [5.74, 6) is -1.10. The Labute approximate surface area is 90.0 Å². The standard InChI is InChI=1S/C11H19NO3/c1-8(9(13)14)12-10(15)11(2)6-4-3-5-7-11/h8H,3-7H2,1-2H3,(H,12,15)(H,13,14)/t8-/m0/s1. The molecular weight excluding hydrogens is 194 g/mol. The molecule has 0 aromatic rings. The zero-order valence-corrected chi connectivity index (χ0v) is 9.38. The minimum Gasteiger partial charge on any atom is -0.480 e. The Morgan fingerprint density at radius 2 is 1.80 bits per heavy atom. The molecule has 0 radical (unpaired) electrons. The molecule has 1 fully saturated rings. The first-order chi connectivity index (χ1) is 6.96. The lowest BCUT2D eigenvalue weighted by Gasteiger charge is -2.32. The summed E-state index contributed by atoms with van der Waals surface area (Å²) in [6.45, 7) is 3.42. The Morgan fingerprint density at radius 1 is 1.27 bits per heavy atom. The third-order valence-corrected chi connectivity index (χ3v) is 3.22. The van der Waals surface area contributed by atoms with Crippen LogP contribution in [-0.4, -0.2) is 23.0 Å². The summed E-state index contributed by atoms with van der Waals surface area (Å²) in [5.41, 5.74) is -0.359. The Bertz CT molecular complexity index is 257. The van der Waals surface area contributed by atoms with E-state index in [1.54, 1.807) is 0 Å².